The zero-order valence-electron chi connectivity index (χ0n) is 16.7. The molecule has 1 amide bonds. The van der Waals surface area contributed by atoms with Crippen molar-refractivity contribution in [3.63, 3.8) is 0 Å². The SMILES string of the molecule is Cc1cc(N2CCN(C(=O)C(C)Oc3ccc(Cl)cc3C)CC2)n2ncnc2n1. The zero-order valence-corrected chi connectivity index (χ0v) is 17.4. The second kappa shape index (κ2) is 7.87. The Morgan fingerprint density at radius 3 is 2.66 bits per heavy atom. The lowest BCUT2D eigenvalue weighted by Crippen LogP contribution is -2.52. The maximum absolute atomic E-state index is 12.9. The number of aromatic nitrogens is 4. The van der Waals surface area contributed by atoms with Gasteiger partial charge in [-0.1, -0.05) is 11.6 Å². The summed E-state index contributed by atoms with van der Waals surface area (Å²) in [4.78, 5) is 25.5. The van der Waals surface area contributed by atoms with Gasteiger partial charge in [-0.3, -0.25) is 4.79 Å². The second-order valence-electron chi connectivity index (χ2n) is 7.21. The van der Waals surface area contributed by atoms with E-state index in [2.05, 4.69) is 20.0 Å². The molecule has 3 aromatic rings. The van der Waals surface area contributed by atoms with Gasteiger partial charge in [0.15, 0.2) is 6.10 Å². The van der Waals surface area contributed by atoms with Gasteiger partial charge in [0, 0.05) is 43.0 Å². The summed E-state index contributed by atoms with van der Waals surface area (Å²) in [5.41, 5.74) is 1.80. The third kappa shape index (κ3) is 3.98. The number of piperazine rings is 1. The Morgan fingerprint density at radius 1 is 1.17 bits per heavy atom. The van der Waals surface area contributed by atoms with Crippen molar-refractivity contribution < 1.29 is 9.53 Å². The number of aryl methyl sites for hydroxylation is 2. The number of ether oxygens (including phenoxy) is 1. The molecule has 8 nitrogen and oxygen atoms in total. The lowest BCUT2D eigenvalue weighted by molar-refractivity contribution is -0.138. The number of carbonyl (C=O) groups is 1. The number of hydrogen-bond acceptors (Lipinski definition) is 6. The Morgan fingerprint density at radius 2 is 1.93 bits per heavy atom. The van der Waals surface area contributed by atoms with E-state index in [0.29, 0.717) is 42.7 Å². The van der Waals surface area contributed by atoms with Crippen LogP contribution in [0.3, 0.4) is 0 Å². The number of fused-ring (bicyclic) bond motifs is 1. The van der Waals surface area contributed by atoms with Gasteiger partial charge in [0.1, 0.15) is 17.9 Å². The van der Waals surface area contributed by atoms with Crippen molar-refractivity contribution in [2.45, 2.75) is 26.9 Å². The number of amides is 1. The summed E-state index contributed by atoms with van der Waals surface area (Å²) < 4.78 is 7.63. The molecule has 0 saturated carbocycles. The Kier molecular flexibility index (Phi) is 5.27. The summed E-state index contributed by atoms with van der Waals surface area (Å²) in [6.07, 6.45) is 0.939. The predicted octanol–water partition coefficient (Wildman–Crippen LogP) is 2.51. The van der Waals surface area contributed by atoms with E-state index in [0.717, 1.165) is 17.1 Å². The number of carbonyl (C=O) groups excluding carboxylic acids is 1. The lowest BCUT2D eigenvalue weighted by Gasteiger charge is -2.37. The molecule has 1 aliphatic heterocycles. The van der Waals surface area contributed by atoms with Gasteiger partial charge in [-0.05, 0) is 44.5 Å². The average Bonchev–Trinajstić information content (AvgIpc) is 3.17. The van der Waals surface area contributed by atoms with E-state index in [9.17, 15) is 4.79 Å². The summed E-state index contributed by atoms with van der Waals surface area (Å²) in [5.74, 6) is 2.18. The molecule has 4 rings (SSSR count). The minimum atomic E-state index is -0.563. The van der Waals surface area contributed by atoms with Crippen LogP contribution in [-0.4, -0.2) is 62.7 Å². The first-order valence-electron chi connectivity index (χ1n) is 9.56. The molecule has 1 unspecified atom stereocenters. The third-order valence-electron chi connectivity index (χ3n) is 5.06. The van der Waals surface area contributed by atoms with Gasteiger partial charge in [-0.2, -0.15) is 14.6 Å². The Labute approximate surface area is 174 Å². The summed E-state index contributed by atoms with van der Waals surface area (Å²) in [7, 11) is 0. The first-order chi connectivity index (χ1) is 13.9. The minimum absolute atomic E-state index is 0.0178. The van der Waals surface area contributed by atoms with Gasteiger partial charge in [-0.25, -0.2) is 4.98 Å². The molecule has 29 heavy (non-hydrogen) atoms. The number of anilines is 1. The summed E-state index contributed by atoms with van der Waals surface area (Å²) in [6, 6.07) is 7.39. The highest BCUT2D eigenvalue weighted by molar-refractivity contribution is 6.30. The largest absolute Gasteiger partial charge is 0.481 e. The Balaban J connectivity index is 1.41. The quantitative estimate of drug-likeness (QED) is 0.653. The molecule has 1 fully saturated rings. The Hall–Kier alpha value is -2.87. The molecule has 1 aliphatic rings. The van der Waals surface area contributed by atoms with Crippen LogP contribution < -0.4 is 9.64 Å². The molecular weight excluding hydrogens is 392 g/mol. The molecule has 1 aromatic carbocycles. The van der Waals surface area contributed by atoms with Gasteiger partial charge in [-0.15, -0.1) is 0 Å². The van der Waals surface area contributed by atoms with Crippen molar-refractivity contribution in [1.29, 1.82) is 0 Å². The average molecular weight is 415 g/mol. The van der Waals surface area contributed by atoms with Crippen LogP contribution in [-0.2, 0) is 4.79 Å². The first kappa shape index (κ1) is 19.4. The van der Waals surface area contributed by atoms with Gasteiger partial charge < -0.3 is 14.5 Å². The number of rotatable bonds is 4. The van der Waals surface area contributed by atoms with Crippen LogP contribution in [0.1, 0.15) is 18.2 Å². The summed E-state index contributed by atoms with van der Waals surface area (Å²) in [5, 5.41) is 4.92. The van der Waals surface area contributed by atoms with Crippen molar-refractivity contribution >= 4 is 29.1 Å². The summed E-state index contributed by atoms with van der Waals surface area (Å²) >= 11 is 5.99. The molecule has 0 bridgehead atoms. The summed E-state index contributed by atoms with van der Waals surface area (Å²) in [6.45, 7) is 8.28. The topological polar surface area (TPSA) is 75.9 Å². The number of halogens is 1. The normalized spacial score (nSPS) is 15.6. The van der Waals surface area contributed by atoms with E-state index in [-0.39, 0.29) is 5.91 Å². The molecule has 0 N–H and O–H groups in total. The maximum Gasteiger partial charge on any atom is 0.263 e. The fourth-order valence-electron chi connectivity index (χ4n) is 3.54. The molecule has 9 heteroatoms. The van der Waals surface area contributed by atoms with Crippen molar-refractivity contribution in [3.05, 3.63) is 46.9 Å². The van der Waals surface area contributed by atoms with Crippen molar-refractivity contribution in [1.82, 2.24) is 24.5 Å². The third-order valence-corrected chi connectivity index (χ3v) is 5.30. The van der Waals surface area contributed by atoms with Gasteiger partial charge >= 0.3 is 0 Å². The van der Waals surface area contributed by atoms with Crippen LogP contribution in [0.2, 0.25) is 5.02 Å². The number of hydrogen-bond donors (Lipinski definition) is 0. The number of nitrogens with zero attached hydrogens (tertiary/aromatic N) is 6. The van der Waals surface area contributed by atoms with E-state index < -0.39 is 6.10 Å². The van der Waals surface area contributed by atoms with E-state index >= 15 is 0 Å². The monoisotopic (exact) mass is 414 g/mol. The van der Waals surface area contributed by atoms with Crippen molar-refractivity contribution in [3.8, 4) is 5.75 Å². The maximum atomic E-state index is 12.9. The van der Waals surface area contributed by atoms with Crippen LogP contribution in [0, 0.1) is 13.8 Å². The molecule has 1 atom stereocenters. The van der Waals surface area contributed by atoms with Gasteiger partial charge in [0.25, 0.3) is 11.7 Å². The molecule has 3 heterocycles. The van der Waals surface area contributed by atoms with Crippen molar-refractivity contribution in [2.24, 2.45) is 0 Å². The highest BCUT2D eigenvalue weighted by atomic mass is 35.5. The predicted molar refractivity (Wildman–Crippen MR) is 111 cm³/mol. The van der Waals surface area contributed by atoms with Crippen LogP contribution in [0.15, 0.2) is 30.6 Å². The minimum Gasteiger partial charge on any atom is -0.481 e. The van der Waals surface area contributed by atoms with Crippen LogP contribution in [0.25, 0.3) is 5.78 Å². The van der Waals surface area contributed by atoms with E-state index in [1.54, 1.807) is 23.6 Å². The second-order valence-corrected chi connectivity index (χ2v) is 7.65. The molecule has 152 valence electrons. The first-order valence-corrected chi connectivity index (χ1v) is 9.94. The van der Waals surface area contributed by atoms with Crippen LogP contribution >= 0.6 is 11.6 Å². The van der Waals surface area contributed by atoms with E-state index in [1.165, 1.54) is 6.33 Å². The zero-order chi connectivity index (χ0) is 20.5. The van der Waals surface area contributed by atoms with Crippen LogP contribution in [0.5, 0.6) is 5.75 Å². The highest BCUT2D eigenvalue weighted by Gasteiger charge is 2.27. The molecule has 1 saturated heterocycles. The molecule has 2 aromatic heterocycles. The van der Waals surface area contributed by atoms with E-state index in [4.69, 9.17) is 16.3 Å². The fraction of sp³-hybridized carbons (Fsp3) is 0.400. The lowest BCUT2D eigenvalue weighted by atomic mass is 10.2. The fourth-order valence-corrected chi connectivity index (χ4v) is 3.76. The van der Waals surface area contributed by atoms with Crippen molar-refractivity contribution in [2.75, 3.05) is 31.1 Å². The van der Waals surface area contributed by atoms with E-state index in [1.807, 2.05) is 30.9 Å². The molecule has 0 radical (unpaired) electrons. The molecule has 0 aliphatic carbocycles. The Bertz CT molecular complexity index is 1040. The molecule has 0 spiro atoms. The number of benzene rings is 1. The smallest absolute Gasteiger partial charge is 0.263 e. The van der Waals surface area contributed by atoms with Gasteiger partial charge in [0.2, 0.25) is 0 Å². The standard InChI is InChI=1S/C20H23ClN6O2/c1-13-10-16(21)4-5-17(13)29-15(3)19(28)26-8-6-25(7-9-26)18-11-14(2)24-20-22-12-23-27(18)20/h4-5,10-12,15H,6-9H2,1-3H3. The highest BCUT2D eigenvalue weighted by Crippen LogP contribution is 2.24. The van der Waals surface area contributed by atoms with Crippen LogP contribution in [0.4, 0.5) is 5.82 Å². The van der Waals surface area contributed by atoms with Gasteiger partial charge in [0.05, 0.1) is 0 Å². The molecular formula is C20H23ClN6O2.